The summed E-state index contributed by atoms with van der Waals surface area (Å²) in [6.07, 6.45) is 1.34. The minimum absolute atomic E-state index is 0.121. The van der Waals surface area contributed by atoms with E-state index in [0.29, 0.717) is 19.5 Å². The van der Waals surface area contributed by atoms with E-state index >= 15 is 0 Å². The molecule has 0 spiro atoms. The van der Waals surface area contributed by atoms with E-state index in [2.05, 4.69) is 5.32 Å². The van der Waals surface area contributed by atoms with Gasteiger partial charge in [0.05, 0.1) is 11.4 Å². The lowest BCUT2D eigenvalue weighted by atomic mass is 10.1. The van der Waals surface area contributed by atoms with Crippen molar-refractivity contribution in [3.63, 3.8) is 0 Å². The zero-order valence-electron chi connectivity index (χ0n) is 20.5. The number of amides is 2. The molecule has 0 radical (unpaired) electrons. The second-order valence-corrected chi connectivity index (χ2v) is 10.6. The first-order valence-electron chi connectivity index (χ1n) is 11.8. The van der Waals surface area contributed by atoms with E-state index in [0.717, 1.165) is 27.1 Å². The molecule has 0 saturated heterocycles. The largest absolute Gasteiger partial charge is 0.354 e. The number of hydrogen-bond donors (Lipinski definition) is 1. The average Bonchev–Trinajstić information content (AvgIpc) is 2.87. The Morgan fingerprint density at radius 2 is 1.60 bits per heavy atom. The van der Waals surface area contributed by atoms with Crippen LogP contribution in [0, 0.1) is 0 Å². The van der Waals surface area contributed by atoms with Crippen molar-refractivity contribution in [3.05, 3.63) is 78.4 Å². The molecule has 0 unspecified atom stereocenters. The number of nitrogens with one attached hydrogen (secondary N) is 1. The Labute approximate surface area is 207 Å². The van der Waals surface area contributed by atoms with Gasteiger partial charge in [-0.05, 0) is 48.2 Å². The first-order valence-corrected chi connectivity index (χ1v) is 13.2. The maximum Gasteiger partial charge on any atom is 0.243 e. The first kappa shape index (κ1) is 26.4. The quantitative estimate of drug-likeness (QED) is 0.442. The highest BCUT2D eigenvalue weighted by molar-refractivity contribution is 7.89. The summed E-state index contributed by atoms with van der Waals surface area (Å²) in [7, 11) is -2.51. The minimum atomic E-state index is -3.90. The van der Waals surface area contributed by atoms with Crippen molar-refractivity contribution in [2.75, 3.05) is 26.7 Å². The Kier molecular flexibility index (Phi) is 9.01. The summed E-state index contributed by atoms with van der Waals surface area (Å²) in [5.74, 6) is -0.680. The van der Waals surface area contributed by atoms with Crippen LogP contribution in [0.1, 0.15) is 25.8 Å². The molecule has 0 aliphatic carbocycles. The molecule has 1 N–H and O–H groups in total. The summed E-state index contributed by atoms with van der Waals surface area (Å²) in [5.41, 5.74) is 1.03. The SMILES string of the molecule is CCCNC(=O)[C@@H](C)N(CCc1ccccc1)C(=O)CN(C)S(=O)(=O)c1ccc2ccccc2c1. The number of nitrogens with zero attached hydrogens (tertiary/aromatic N) is 2. The number of carbonyl (C=O) groups is 2. The fraction of sp³-hybridized carbons (Fsp3) is 0.333. The monoisotopic (exact) mass is 495 g/mol. The van der Waals surface area contributed by atoms with Crippen LogP contribution in [0.25, 0.3) is 10.8 Å². The highest BCUT2D eigenvalue weighted by Crippen LogP contribution is 2.21. The lowest BCUT2D eigenvalue weighted by molar-refractivity contribution is -0.139. The van der Waals surface area contributed by atoms with Crippen molar-refractivity contribution in [2.24, 2.45) is 0 Å². The summed E-state index contributed by atoms with van der Waals surface area (Å²) < 4.78 is 27.5. The lowest BCUT2D eigenvalue weighted by Crippen LogP contribution is -2.51. The number of carbonyl (C=O) groups excluding carboxylic acids is 2. The van der Waals surface area contributed by atoms with Gasteiger partial charge in [0.1, 0.15) is 6.04 Å². The fourth-order valence-electron chi connectivity index (χ4n) is 3.84. The maximum absolute atomic E-state index is 13.3. The van der Waals surface area contributed by atoms with Crippen LogP contribution < -0.4 is 5.32 Å². The summed E-state index contributed by atoms with van der Waals surface area (Å²) in [4.78, 5) is 27.6. The molecular weight excluding hydrogens is 462 g/mol. The van der Waals surface area contributed by atoms with Gasteiger partial charge in [0, 0.05) is 20.1 Å². The van der Waals surface area contributed by atoms with E-state index in [9.17, 15) is 18.0 Å². The molecule has 1 atom stereocenters. The third kappa shape index (κ3) is 6.68. The molecule has 0 fully saturated rings. The topological polar surface area (TPSA) is 86.8 Å². The Balaban J connectivity index is 1.78. The van der Waals surface area contributed by atoms with E-state index in [1.54, 1.807) is 25.1 Å². The van der Waals surface area contributed by atoms with Crippen LogP contribution in [0.4, 0.5) is 0 Å². The maximum atomic E-state index is 13.3. The molecule has 0 saturated carbocycles. The molecule has 35 heavy (non-hydrogen) atoms. The highest BCUT2D eigenvalue weighted by Gasteiger charge is 2.30. The summed E-state index contributed by atoms with van der Waals surface area (Å²) in [5, 5.41) is 4.57. The molecule has 7 nitrogen and oxygen atoms in total. The number of fused-ring (bicyclic) bond motifs is 1. The van der Waals surface area contributed by atoms with Gasteiger partial charge in [-0.2, -0.15) is 4.31 Å². The van der Waals surface area contributed by atoms with Crippen LogP contribution in [0.15, 0.2) is 77.7 Å². The van der Waals surface area contributed by atoms with Gasteiger partial charge in [0.25, 0.3) is 0 Å². The Bertz CT molecular complexity index is 1260. The summed E-state index contributed by atoms with van der Waals surface area (Å²) >= 11 is 0. The molecule has 0 aliphatic rings. The molecule has 186 valence electrons. The number of benzene rings is 3. The fourth-order valence-corrected chi connectivity index (χ4v) is 5.00. The van der Waals surface area contributed by atoms with E-state index in [1.165, 1.54) is 11.9 Å². The van der Waals surface area contributed by atoms with Gasteiger partial charge < -0.3 is 10.2 Å². The Morgan fingerprint density at radius 1 is 0.943 bits per heavy atom. The number of sulfonamides is 1. The predicted octanol–water partition coefficient (Wildman–Crippen LogP) is 3.45. The van der Waals surface area contributed by atoms with Crippen LogP contribution in [0.2, 0.25) is 0 Å². The summed E-state index contributed by atoms with van der Waals surface area (Å²) in [6.45, 7) is 4.07. The van der Waals surface area contributed by atoms with Gasteiger partial charge in [-0.25, -0.2) is 8.42 Å². The van der Waals surface area contributed by atoms with Gasteiger partial charge in [-0.3, -0.25) is 9.59 Å². The predicted molar refractivity (Wildman–Crippen MR) is 138 cm³/mol. The van der Waals surface area contributed by atoms with Gasteiger partial charge in [0.15, 0.2) is 0 Å². The minimum Gasteiger partial charge on any atom is -0.354 e. The van der Waals surface area contributed by atoms with E-state index < -0.39 is 22.0 Å². The third-order valence-electron chi connectivity index (χ3n) is 5.99. The molecule has 3 aromatic carbocycles. The molecule has 2 amide bonds. The molecule has 3 rings (SSSR count). The molecular formula is C27H33N3O4S. The Hall–Kier alpha value is -3.23. The van der Waals surface area contributed by atoms with Crippen molar-refractivity contribution in [3.8, 4) is 0 Å². The first-order chi connectivity index (χ1) is 16.7. The van der Waals surface area contributed by atoms with Crippen molar-refractivity contribution < 1.29 is 18.0 Å². The van der Waals surface area contributed by atoms with Crippen molar-refractivity contribution in [2.45, 2.75) is 37.6 Å². The smallest absolute Gasteiger partial charge is 0.243 e. The van der Waals surface area contributed by atoms with Crippen LogP contribution >= 0.6 is 0 Å². The van der Waals surface area contributed by atoms with Crippen molar-refractivity contribution in [1.29, 1.82) is 0 Å². The lowest BCUT2D eigenvalue weighted by Gasteiger charge is -2.30. The Morgan fingerprint density at radius 3 is 2.29 bits per heavy atom. The zero-order chi connectivity index (χ0) is 25.4. The standard InChI is InChI=1S/C27H33N3O4S/c1-4-17-28-27(32)21(2)30(18-16-22-10-6-5-7-11-22)26(31)20-29(3)35(33,34)25-15-14-23-12-8-9-13-24(23)19-25/h5-15,19,21H,4,16-18,20H2,1-3H3,(H,28,32)/t21-/m1/s1. The van der Waals surface area contributed by atoms with Gasteiger partial charge >= 0.3 is 0 Å². The molecule has 0 aliphatic heterocycles. The second-order valence-electron chi connectivity index (χ2n) is 8.56. The van der Waals surface area contributed by atoms with Gasteiger partial charge in [0.2, 0.25) is 21.8 Å². The molecule has 3 aromatic rings. The molecule has 0 heterocycles. The average molecular weight is 496 g/mol. The highest BCUT2D eigenvalue weighted by atomic mass is 32.2. The number of hydrogen-bond acceptors (Lipinski definition) is 4. The van der Waals surface area contributed by atoms with E-state index in [4.69, 9.17) is 0 Å². The normalized spacial score (nSPS) is 12.5. The third-order valence-corrected chi connectivity index (χ3v) is 7.79. The molecule has 0 aromatic heterocycles. The van der Waals surface area contributed by atoms with Crippen LogP contribution in [0.5, 0.6) is 0 Å². The second kappa shape index (κ2) is 12.0. The van der Waals surface area contributed by atoms with E-state index in [1.807, 2.05) is 61.5 Å². The van der Waals surface area contributed by atoms with Crippen molar-refractivity contribution in [1.82, 2.24) is 14.5 Å². The van der Waals surface area contributed by atoms with Crippen LogP contribution in [0.3, 0.4) is 0 Å². The van der Waals surface area contributed by atoms with Crippen LogP contribution in [-0.2, 0) is 26.0 Å². The van der Waals surface area contributed by atoms with Gasteiger partial charge in [-0.1, -0.05) is 67.6 Å². The molecule has 0 bridgehead atoms. The number of likely N-dealkylation sites (N-methyl/N-ethyl adjacent to an activating group) is 1. The molecule has 8 heteroatoms. The van der Waals surface area contributed by atoms with Gasteiger partial charge in [-0.15, -0.1) is 0 Å². The van der Waals surface area contributed by atoms with Crippen LogP contribution in [-0.4, -0.2) is 62.2 Å². The zero-order valence-corrected chi connectivity index (χ0v) is 21.3. The van der Waals surface area contributed by atoms with Crippen molar-refractivity contribution >= 4 is 32.6 Å². The number of rotatable bonds is 11. The van der Waals surface area contributed by atoms with E-state index in [-0.39, 0.29) is 17.3 Å². The summed E-state index contributed by atoms with van der Waals surface area (Å²) in [6, 6.07) is 21.4.